The molecule has 0 aromatic carbocycles. The Hall–Kier alpha value is -0.570. The molecule has 16 heavy (non-hydrogen) atoms. The Labute approximate surface area is 98.6 Å². The van der Waals surface area contributed by atoms with Crippen LogP contribution >= 0.6 is 0 Å². The third kappa shape index (κ3) is 2.76. The third-order valence-corrected chi connectivity index (χ3v) is 4.31. The minimum Gasteiger partial charge on any atom is -0.349 e. The number of amides is 1. The molecule has 92 valence electrons. The standard InChI is InChI=1S/C13H24N2O/c1-15(2)13(16)5-6-14-9-12-8-10-3-4-11(12)7-10/h10-12,14H,3-9H2,1-2H3. The summed E-state index contributed by atoms with van der Waals surface area (Å²) in [7, 11) is 3.64. The molecule has 2 aliphatic rings. The van der Waals surface area contributed by atoms with Crippen molar-refractivity contribution in [1.29, 1.82) is 0 Å². The molecule has 3 nitrogen and oxygen atoms in total. The molecule has 3 atom stereocenters. The van der Waals surface area contributed by atoms with Gasteiger partial charge in [-0.05, 0) is 43.6 Å². The lowest BCUT2D eigenvalue weighted by Crippen LogP contribution is -2.31. The summed E-state index contributed by atoms with van der Waals surface area (Å²) in [5.74, 6) is 3.14. The molecule has 0 saturated heterocycles. The van der Waals surface area contributed by atoms with Gasteiger partial charge in [-0.2, -0.15) is 0 Å². The number of rotatable bonds is 5. The highest BCUT2D eigenvalue weighted by atomic mass is 16.2. The molecule has 2 saturated carbocycles. The molecule has 0 radical (unpaired) electrons. The van der Waals surface area contributed by atoms with E-state index in [1.165, 1.54) is 25.7 Å². The van der Waals surface area contributed by atoms with Gasteiger partial charge < -0.3 is 10.2 Å². The molecule has 3 unspecified atom stereocenters. The Morgan fingerprint density at radius 3 is 2.69 bits per heavy atom. The van der Waals surface area contributed by atoms with Crippen molar-refractivity contribution in [2.45, 2.75) is 32.1 Å². The van der Waals surface area contributed by atoms with Crippen molar-refractivity contribution < 1.29 is 4.79 Å². The first-order chi connectivity index (χ1) is 7.66. The molecular formula is C13H24N2O. The highest BCUT2D eigenvalue weighted by molar-refractivity contribution is 5.75. The van der Waals surface area contributed by atoms with Crippen LogP contribution in [0, 0.1) is 17.8 Å². The van der Waals surface area contributed by atoms with Crippen LogP contribution in [0.3, 0.4) is 0 Å². The van der Waals surface area contributed by atoms with E-state index >= 15 is 0 Å². The Balaban J connectivity index is 1.57. The van der Waals surface area contributed by atoms with Crippen LogP contribution in [0.25, 0.3) is 0 Å². The van der Waals surface area contributed by atoms with Crippen molar-refractivity contribution in [3.8, 4) is 0 Å². The minimum atomic E-state index is 0.223. The fourth-order valence-electron chi connectivity index (χ4n) is 3.33. The average Bonchev–Trinajstić information content (AvgIpc) is 2.85. The van der Waals surface area contributed by atoms with Crippen molar-refractivity contribution >= 4 is 5.91 Å². The Kier molecular flexibility index (Phi) is 3.85. The van der Waals surface area contributed by atoms with Crippen LogP contribution in [-0.2, 0) is 4.79 Å². The van der Waals surface area contributed by atoms with E-state index in [0.29, 0.717) is 6.42 Å². The number of nitrogens with one attached hydrogen (secondary N) is 1. The minimum absolute atomic E-state index is 0.223. The molecule has 0 heterocycles. The van der Waals surface area contributed by atoms with Gasteiger partial charge in [0, 0.05) is 27.1 Å². The fraction of sp³-hybridized carbons (Fsp3) is 0.923. The monoisotopic (exact) mass is 224 g/mol. The highest BCUT2D eigenvalue weighted by Gasteiger charge is 2.38. The van der Waals surface area contributed by atoms with Gasteiger partial charge in [-0.25, -0.2) is 0 Å². The first-order valence-electron chi connectivity index (χ1n) is 6.57. The maximum absolute atomic E-state index is 11.4. The summed E-state index contributed by atoms with van der Waals surface area (Å²) < 4.78 is 0. The van der Waals surface area contributed by atoms with Crippen LogP contribution in [0.1, 0.15) is 32.1 Å². The molecule has 1 amide bonds. The van der Waals surface area contributed by atoms with Gasteiger partial charge in [0.1, 0.15) is 0 Å². The molecule has 2 fully saturated rings. The number of carbonyl (C=O) groups is 1. The summed E-state index contributed by atoms with van der Waals surface area (Å²) in [5.41, 5.74) is 0. The van der Waals surface area contributed by atoms with Crippen molar-refractivity contribution in [3.05, 3.63) is 0 Å². The second-order valence-electron chi connectivity index (χ2n) is 5.68. The number of hydrogen-bond acceptors (Lipinski definition) is 2. The molecule has 0 spiro atoms. The van der Waals surface area contributed by atoms with Gasteiger partial charge in [-0.3, -0.25) is 4.79 Å². The van der Waals surface area contributed by atoms with Crippen molar-refractivity contribution in [3.63, 3.8) is 0 Å². The summed E-state index contributed by atoms with van der Waals surface area (Å²) in [4.78, 5) is 13.0. The van der Waals surface area contributed by atoms with Crippen LogP contribution < -0.4 is 5.32 Å². The summed E-state index contributed by atoms with van der Waals surface area (Å²) in [6.45, 7) is 1.97. The molecule has 2 bridgehead atoms. The van der Waals surface area contributed by atoms with Crippen LogP contribution in [0.2, 0.25) is 0 Å². The lowest BCUT2D eigenvalue weighted by Gasteiger charge is -2.22. The van der Waals surface area contributed by atoms with Gasteiger partial charge in [0.25, 0.3) is 0 Å². The van der Waals surface area contributed by atoms with E-state index in [1.54, 1.807) is 4.90 Å². The van der Waals surface area contributed by atoms with E-state index in [2.05, 4.69) is 5.32 Å². The Bertz CT molecular complexity index is 252. The SMILES string of the molecule is CN(C)C(=O)CCNCC1CC2CCC1C2. The predicted molar refractivity (Wildman–Crippen MR) is 65.1 cm³/mol. The van der Waals surface area contributed by atoms with Crippen LogP contribution in [0.15, 0.2) is 0 Å². The number of carbonyl (C=O) groups excluding carboxylic acids is 1. The second-order valence-corrected chi connectivity index (χ2v) is 5.68. The average molecular weight is 224 g/mol. The van der Waals surface area contributed by atoms with Gasteiger partial charge in [-0.1, -0.05) is 6.42 Å². The molecule has 2 aliphatic carbocycles. The van der Waals surface area contributed by atoms with Crippen molar-refractivity contribution in [1.82, 2.24) is 10.2 Å². The quantitative estimate of drug-likeness (QED) is 0.718. The van der Waals surface area contributed by atoms with Crippen molar-refractivity contribution in [2.24, 2.45) is 17.8 Å². The fourth-order valence-corrected chi connectivity index (χ4v) is 3.33. The molecule has 0 aliphatic heterocycles. The van der Waals surface area contributed by atoms with E-state index in [-0.39, 0.29) is 5.91 Å². The Morgan fingerprint density at radius 1 is 1.31 bits per heavy atom. The predicted octanol–water partition coefficient (Wildman–Crippen LogP) is 1.49. The Morgan fingerprint density at radius 2 is 2.12 bits per heavy atom. The smallest absolute Gasteiger partial charge is 0.223 e. The lowest BCUT2D eigenvalue weighted by atomic mass is 9.89. The summed E-state index contributed by atoms with van der Waals surface area (Å²) in [6, 6.07) is 0. The summed E-state index contributed by atoms with van der Waals surface area (Å²) in [5, 5.41) is 3.45. The first-order valence-corrected chi connectivity index (χ1v) is 6.57. The van der Waals surface area contributed by atoms with Gasteiger partial charge in [0.05, 0.1) is 0 Å². The molecule has 0 aromatic rings. The summed E-state index contributed by atoms with van der Waals surface area (Å²) in [6.07, 6.45) is 6.46. The van der Waals surface area contributed by atoms with Gasteiger partial charge >= 0.3 is 0 Å². The van der Waals surface area contributed by atoms with E-state index in [4.69, 9.17) is 0 Å². The van der Waals surface area contributed by atoms with E-state index in [1.807, 2.05) is 14.1 Å². The maximum Gasteiger partial charge on any atom is 0.223 e. The topological polar surface area (TPSA) is 32.3 Å². The van der Waals surface area contributed by atoms with E-state index in [9.17, 15) is 4.79 Å². The zero-order valence-corrected chi connectivity index (χ0v) is 10.5. The largest absolute Gasteiger partial charge is 0.349 e. The normalized spacial score (nSPS) is 32.0. The highest BCUT2D eigenvalue weighted by Crippen LogP contribution is 2.47. The molecule has 2 rings (SSSR count). The third-order valence-electron chi connectivity index (χ3n) is 4.31. The van der Waals surface area contributed by atoms with Crippen LogP contribution in [0.5, 0.6) is 0 Å². The molecule has 3 heteroatoms. The second kappa shape index (κ2) is 5.17. The van der Waals surface area contributed by atoms with Gasteiger partial charge in [0.15, 0.2) is 0 Å². The van der Waals surface area contributed by atoms with Gasteiger partial charge in [0.2, 0.25) is 5.91 Å². The first kappa shape index (κ1) is 11.9. The molecule has 1 N–H and O–H groups in total. The maximum atomic E-state index is 11.4. The van der Waals surface area contributed by atoms with Crippen LogP contribution in [0.4, 0.5) is 0 Å². The number of hydrogen-bond donors (Lipinski definition) is 1. The van der Waals surface area contributed by atoms with E-state index < -0.39 is 0 Å². The summed E-state index contributed by atoms with van der Waals surface area (Å²) >= 11 is 0. The number of nitrogens with zero attached hydrogens (tertiary/aromatic N) is 1. The van der Waals surface area contributed by atoms with Crippen molar-refractivity contribution in [2.75, 3.05) is 27.2 Å². The lowest BCUT2D eigenvalue weighted by molar-refractivity contribution is -0.128. The van der Waals surface area contributed by atoms with E-state index in [0.717, 1.165) is 30.8 Å². The molecular weight excluding hydrogens is 200 g/mol. The van der Waals surface area contributed by atoms with Gasteiger partial charge in [-0.15, -0.1) is 0 Å². The zero-order chi connectivity index (χ0) is 11.5. The number of fused-ring (bicyclic) bond motifs is 2. The molecule has 0 aromatic heterocycles. The zero-order valence-electron chi connectivity index (χ0n) is 10.5. The van der Waals surface area contributed by atoms with Crippen LogP contribution in [-0.4, -0.2) is 38.0 Å².